The lowest BCUT2D eigenvalue weighted by molar-refractivity contribution is 0.0168. The first-order chi connectivity index (χ1) is 8.72. The highest BCUT2D eigenvalue weighted by molar-refractivity contribution is 5.69. The van der Waals surface area contributed by atoms with E-state index >= 15 is 0 Å². The van der Waals surface area contributed by atoms with E-state index in [1.807, 2.05) is 27.7 Å². The second kappa shape index (κ2) is 3.71. The van der Waals surface area contributed by atoms with Gasteiger partial charge in [0, 0.05) is 5.69 Å². The molecule has 0 unspecified atom stereocenters. The van der Waals surface area contributed by atoms with Crippen molar-refractivity contribution in [1.82, 2.24) is 0 Å². The Morgan fingerprint density at radius 2 is 1.89 bits per heavy atom. The summed E-state index contributed by atoms with van der Waals surface area (Å²) in [7, 11) is 0. The fourth-order valence-corrected chi connectivity index (χ4v) is 3.25. The molecule has 3 rings (SSSR count). The molecule has 104 valence electrons. The largest absolute Gasteiger partial charge is 0.378 e. The zero-order chi connectivity index (χ0) is 14.0. The van der Waals surface area contributed by atoms with Crippen molar-refractivity contribution in [3.8, 4) is 0 Å². The Kier molecular flexibility index (Phi) is 2.52. The third kappa shape index (κ3) is 1.94. The monoisotopic (exact) mass is 265 g/mol. The maximum Gasteiger partial charge on any atom is 0.292 e. The van der Waals surface area contributed by atoms with Crippen LogP contribution in [0, 0.1) is 6.92 Å². The number of hydrogen-bond donors (Lipinski definition) is 1. The molecule has 3 heteroatoms. The second-order valence-corrected chi connectivity index (χ2v) is 6.99. The van der Waals surface area contributed by atoms with Gasteiger partial charge in [-0.1, -0.05) is 26.8 Å². The SMILES string of the molecule is Cc1cc(C2CC2)c(C(C)(C)C)c2c1NCC2(F)F. The molecule has 0 bridgehead atoms. The van der Waals surface area contributed by atoms with Crippen LogP contribution in [0.15, 0.2) is 6.07 Å². The summed E-state index contributed by atoms with van der Waals surface area (Å²) in [5.41, 5.74) is 3.69. The fraction of sp³-hybridized carbons (Fsp3) is 0.625. The van der Waals surface area contributed by atoms with Crippen LogP contribution in [0.3, 0.4) is 0 Å². The van der Waals surface area contributed by atoms with Crippen LogP contribution in [0.4, 0.5) is 14.5 Å². The highest BCUT2D eigenvalue weighted by atomic mass is 19.3. The van der Waals surface area contributed by atoms with Gasteiger partial charge < -0.3 is 5.32 Å². The smallest absolute Gasteiger partial charge is 0.292 e. The van der Waals surface area contributed by atoms with Crippen LogP contribution < -0.4 is 5.32 Å². The molecule has 0 atom stereocenters. The predicted octanol–water partition coefficient (Wildman–Crippen LogP) is 4.69. The Morgan fingerprint density at radius 3 is 2.42 bits per heavy atom. The summed E-state index contributed by atoms with van der Waals surface area (Å²) < 4.78 is 28.6. The summed E-state index contributed by atoms with van der Waals surface area (Å²) >= 11 is 0. The van der Waals surface area contributed by atoms with Gasteiger partial charge in [0.1, 0.15) is 0 Å². The minimum Gasteiger partial charge on any atom is -0.378 e. The molecule has 1 nitrogen and oxygen atoms in total. The van der Waals surface area contributed by atoms with Crippen LogP contribution in [0.5, 0.6) is 0 Å². The van der Waals surface area contributed by atoms with E-state index < -0.39 is 5.92 Å². The van der Waals surface area contributed by atoms with Gasteiger partial charge in [0.05, 0.1) is 12.1 Å². The van der Waals surface area contributed by atoms with E-state index in [9.17, 15) is 8.78 Å². The van der Waals surface area contributed by atoms with Gasteiger partial charge in [-0.15, -0.1) is 0 Å². The lowest BCUT2D eigenvalue weighted by Gasteiger charge is -2.29. The van der Waals surface area contributed by atoms with E-state index in [-0.39, 0.29) is 17.5 Å². The van der Waals surface area contributed by atoms with Gasteiger partial charge in [-0.2, -0.15) is 8.78 Å². The van der Waals surface area contributed by atoms with Crippen molar-refractivity contribution in [3.63, 3.8) is 0 Å². The molecule has 2 aliphatic rings. The molecule has 0 radical (unpaired) electrons. The Labute approximate surface area is 113 Å². The van der Waals surface area contributed by atoms with E-state index in [0.29, 0.717) is 11.6 Å². The molecular formula is C16H21F2N. The predicted molar refractivity (Wildman–Crippen MR) is 74.2 cm³/mol. The highest BCUT2D eigenvalue weighted by Gasteiger charge is 2.46. The number of fused-ring (bicyclic) bond motifs is 1. The second-order valence-electron chi connectivity index (χ2n) is 6.99. The average Bonchev–Trinajstić information content (AvgIpc) is 3.04. The molecule has 0 spiro atoms. The molecule has 0 aromatic heterocycles. The molecule has 0 amide bonds. The molecule has 19 heavy (non-hydrogen) atoms. The summed E-state index contributed by atoms with van der Waals surface area (Å²) in [5, 5.41) is 2.91. The number of benzene rings is 1. The third-order valence-electron chi connectivity index (χ3n) is 4.18. The quantitative estimate of drug-likeness (QED) is 0.777. The number of aryl methyl sites for hydroxylation is 1. The highest BCUT2D eigenvalue weighted by Crippen LogP contribution is 2.53. The lowest BCUT2D eigenvalue weighted by atomic mass is 9.77. The molecule has 0 saturated heterocycles. The summed E-state index contributed by atoms with van der Waals surface area (Å²) in [6.45, 7) is 7.79. The van der Waals surface area contributed by atoms with Gasteiger partial charge in [0.25, 0.3) is 5.92 Å². The molecule has 1 aromatic rings. The van der Waals surface area contributed by atoms with Crippen LogP contribution in [0.25, 0.3) is 0 Å². The summed E-state index contributed by atoms with van der Waals surface area (Å²) in [6.07, 6.45) is 2.28. The molecule has 1 heterocycles. The average molecular weight is 265 g/mol. The number of hydrogen-bond acceptors (Lipinski definition) is 1. The van der Waals surface area contributed by atoms with Crippen molar-refractivity contribution >= 4 is 5.69 Å². The van der Waals surface area contributed by atoms with Crippen LogP contribution >= 0.6 is 0 Å². The lowest BCUT2D eigenvalue weighted by Crippen LogP contribution is -2.23. The number of anilines is 1. The number of halogens is 2. The number of alkyl halides is 2. The first kappa shape index (κ1) is 12.9. The van der Waals surface area contributed by atoms with Gasteiger partial charge in [-0.25, -0.2) is 0 Å². The number of nitrogens with one attached hydrogen (secondary N) is 1. The first-order valence-electron chi connectivity index (χ1n) is 7.02. The Morgan fingerprint density at radius 1 is 1.26 bits per heavy atom. The van der Waals surface area contributed by atoms with Gasteiger partial charge in [0.15, 0.2) is 0 Å². The van der Waals surface area contributed by atoms with Crippen LogP contribution in [0.1, 0.15) is 61.8 Å². The van der Waals surface area contributed by atoms with E-state index in [2.05, 4.69) is 11.4 Å². The van der Waals surface area contributed by atoms with E-state index in [4.69, 9.17) is 0 Å². The number of rotatable bonds is 1. The van der Waals surface area contributed by atoms with Crippen molar-refractivity contribution in [2.24, 2.45) is 0 Å². The zero-order valence-electron chi connectivity index (χ0n) is 12.0. The topological polar surface area (TPSA) is 12.0 Å². The molecule has 1 aliphatic carbocycles. The van der Waals surface area contributed by atoms with Crippen molar-refractivity contribution in [2.45, 2.75) is 57.8 Å². The summed E-state index contributed by atoms with van der Waals surface area (Å²) in [4.78, 5) is 0. The van der Waals surface area contributed by atoms with E-state index in [0.717, 1.165) is 29.5 Å². The molecule has 1 fully saturated rings. The third-order valence-corrected chi connectivity index (χ3v) is 4.18. The van der Waals surface area contributed by atoms with E-state index in [1.165, 1.54) is 0 Å². The zero-order valence-corrected chi connectivity index (χ0v) is 12.0. The van der Waals surface area contributed by atoms with Gasteiger partial charge >= 0.3 is 0 Å². The molecule has 1 saturated carbocycles. The molecular weight excluding hydrogens is 244 g/mol. The molecule has 1 N–H and O–H groups in total. The maximum absolute atomic E-state index is 14.3. The van der Waals surface area contributed by atoms with Crippen LogP contribution in [-0.2, 0) is 11.3 Å². The minimum atomic E-state index is -2.74. The van der Waals surface area contributed by atoms with Crippen molar-refractivity contribution in [1.29, 1.82) is 0 Å². The summed E-state index contributed by atoms with van der Waals surface area (Å²) in [6, 6.07) is 2.13. The maximum atomic E-state index is 14.3. The Bertz CT molecular complexity index is 537. The van der Waals surface area contributed by atoms with Crippen LogP contribution in [0.2, 0.25) is 0 Å². The van der Waals surface area contributed by atoms with E-state index in [1.54, 1.807) is 0 Å². The van der Waals surface area contributed by atoms with Gasteiger partial charge in [-0.3, -0.25) is 0 Å². The molecule has 1 aliphatic heterocycles. The Hall–Kier alpha value is -1.12. The standard InChI is InChI=1S/C16H21F2N/c1-9-7-11(10-5-6-10)12(15(2,3)4)13-14(9)19-8-16(13,17)18/h7,10,19H,5-6,8H2,1-4H3. The van der Waals surface area contributed by atoms with Crippen molar-refractivity contribution in [2.75, 3.05) is 11.9 Å². The minimum absolute atomic E-state index is 0.245. The van der Waals surface area contributed by atoms with Gasteiger partial charge in [-0.05, 0) is 47.8 Å². The fourth-order valence-electron chi connectivity index (χ4n) is 3.25. The normalized spacial score (nSPS) is 21.2. The van der Waals surface area contributed by atoms with Crippen molar-refractivity contribution in [3.05, 3.63) is 28.3 Å². The Balaban J connectivity index is 2.33. The van der Waals surface area contributed by atoms with Gasteiger partial charge in [0.2, 0.25) is 0 Å². The van der Waals surface area contributed by atoms with Crippen LogP contribution in [-0.4, -0.2) is 6.54 Å². The first-order valence-corrected chi connectivity index (χ1v) is 7.02. The summed E-state index contributed by atoms with van der Waals surface area (Å²) in [5.74, 6) is -2.25. The molecule has 1 aromatic carbocycles. The van der Waals surface area contributed by atoms with Crippen molar-refractivity contribution < 1.29 is 8.78 Å².